The third-order valence-corrected chi connectivity index (χ3v) is 2.90. The molecule has 0 aliphatic heterocycles. The van der Waals surface area contributed by atoms with Crippen molar-refractivity contribution >= 4 is 17.6 Å². The Labute approximate surface area is 132 Å². The normalized spacial score (nSPS) is 10.2. The molecule has 0 fully saturated rings. The molecule has 0 unspecified atom stereocenters. The summed E-state index contributed by atoms with van der Waals surface area (Å²) in [4.78, 5) is 34.6. The van der Waals surface area contributed by atoms with E-state index in [4.69, 9.17) is 4.74 Å². The molecule has 0 aliphatic carbocycles. The Morgan fingerprint density at radius 2 is 1.87 bits per heavy atom. The molecule has 1 aromatic carbocycles. The summed E-state index contributed by atoms with van der Waals surface area (Å²) in [5.41, 5.74) is 0.402. The number of carbonyl (C=O) groups is 2. The molecule has 1 N–H and O–H groups in total. The number of rotatable bonds is 5. The topological polar surface area (TPSA) is 90.3 Å². The molecule has 2 aromatic rings. The lowest BCUT2D eigenvalue weighted by Crippen LogP contribution is -2.25. The van der Waals surface area contributed by atoms with Gasteiger partial charge in [-0.2, -0.15) is 5.10 Å². The van der Waals surface area contributed by atoms with Crippen LogP contribution in [0.15, 0.2) is 41.2 Å². The van der Waals surface area contributed by atoms with Gasteiger partial charge >= 0.3 is 5.97 Å². The van der Waals surface area contributed by atoms with E-state index in [-0.39, 0.29) is 17.2 Å². The van der Waals surface area contributed by atoms with Crippen LogP contribution in [0.5, 0.6) is 5.75 Å². The van der Waals surface area contributed by atoms with Gasteiger partial charge in [-0.15, -0.1) is 0 Å². The molecule has 7 nitrogen and oxygen atoms in total. The van der Waals surface area contributed by atoms with Crippen molar-refractivity contribution in [3.8, 4) is 5.75 Å². The first-order valence-corrected chi connectivity index (χ1v) is 7.17. The van der Waals surface area contributed by atoms with E-state index in [1.165, 1.54) is 23.7 Å². The minimum absolute atomic E-state index is 0.0592. The first kappa shape index (κ1) is 16.4. The Hall–Kier alpha value is -2.96. The second-order valence-electron chi connectivity index (χ2n) is 4.88. The van der Waals surface area contributed by atoms with Crippen molar-refractivity contribution < 1.29 is 14.3 Å². The van der Waals surface area contributed by atoms with Crippen LogP contribution in [0.3, 0.4) is 0 Å². The van der Waals surface area contributed by atoms with Crippen molar-refractivity contribution in [1.82, 2.24) is 9.78 Å². The van der Waals surface area contributed by atoms with Crippen LogP contribution in [-0.4, -0.2) is 21.7 Å². The second-order valence-corrected chi connectivity index (χ2v) is 4.88. The fourth-order valence-electron chi connectivity index (χ4n) is 1.90. The van der Waals surface area contributed by atoms with Crippen LogP contribution in [0.4, 0.5) is 5.69 Å². The predicted octanol–water partition coefficient (Wildman–Crippen LogP) is 1.83. The van der Waals surface area contributed by atoms with Crippen LogP contribution < -0.4 is 15.6 Å². The lowest BCUT2D eigenvalue weighted by atomic mass is 10.3. The number of esters is 1. The zero-order valence-electron chi connectivity index (χ0n) is 12.9. The van der Waals surface area contributed by atoms with Gasteiger partial charge in [-0.1, -0.05) is 6.92 Å². The zero-order chi connectivity index (χ0) is 16.8. The van der Waals surface area contributed by atoms with Crippen molar-refractivity contribution in [3.05, 3.63) is 52.4 Å². The van der Waals surface area contributed by atoms with E-state index in [2.05, 4.69) is 10.4 Å². The summed E-state index contributed by atoms with van der Waals surface area (Å²) in [6.45, 7) is 3.76. The SMILES string of the molecule is CCCn1nc(C(=O)Oc2ccc(NC(C)=O)cc2)ccc1=O. The van der Waals surface area contributed by atoms with Gasteiger partial charge in [0.05, 0.1) is 0 Å². The number of nitrogens with one attached hydrogen (secondary N) is 1. The van der Waals surface area contributed by atoms with Gasteiger partial charge in [0.15, 0.2) is 5.69 Å². The van der Waals surface area contributed by atoms with Gasteiger partial charge in [0, 0.05) is 25.2 Å². The number of nitrogens with zero attached hydrogens (tertiary/aromatic N) is 2. The summed E-state index contributed by atoms with van der Waals surface area (Å²) in [5, 5.41) is 6.60. The highest BCUT2D eigenvalue weighted by atomic mass is 16.5. The Bertz CT molecular complexity index is 766. The van der Waals surface area contributed by atoms with Gasteiger partial charge in [0.2, 0.25) is 5.91 Å². The molecular weight excluding hydrogens is 298 g/mol. The van der Waals surface area contributed by atoms with Crippen LogP contribution in [0.1, 0.15) is 30.8 Å². The van der Waals surface area contributed by atoms with Gasteiger partial charge in [-0.25, -0.2) is 9.48 Å². The number of benzene rings is 1. The maximum absolute atomic E-state index is 12.1. The molecule has 120 valence electrons. The van der Waals surface area contributed by atoms with Crippen molar-refractivity contribution in [1.29, 1.82) is 0 Å². The van der Waals surface area contributed by atoms with Gasteiger partial charge in [0.25, 0.3) is 5.56 Å². The maximum Gasteiger partial charge on any atom is 0.364 e. The average Bonchev–Trinajstić information content (AvgIpc) is 2.51. The quantitative estimate of drug-likeness (QED) is 0.671. The summed E-state index contributed by atoms with van der Waals surface area (Å²) in [7, 11) is 0. The first-order valence-electron chi connectivity index (χ1n) is 7.17. The molecule has 0 bridgehead atoms. The van der Waals surface area contributed by atoms with Crippen LogP contribution in [0, 0.1) is 0 Å². The van der Waals surface area contributed by atoms with Crippen molar-refractivity contribution in [2.45, 2.75) is 26.8 Å². The lowest BCUT2D eigenvalue weighted by molar-refractivity contribution is -0.114. The van der Waals surface area contributed by atoms with Crippen molar-refractivity contribution in [3.63, 3.8) is 0 Å². The largest absolute Gasteiger partial charge is 0.422 e. The standard InChI is InChI=1S/C16H17N3O4/c1-3-10-19-15(21)9-8-14(18-19)16(22)23-13-6-4-12(5-7-13)17-11(2)20/h4-9H,3,10H2,1-2H3,(H,17,20). The number of hydrogen-bond donors (Lipinski definition) is 1. The predicted molar refractivity (Wildman–Crippen MR) is 84.5 cm³/mol. The fourth-order valence-corrected chi connectivity index (χ4v) is 1.90. The average molecular weight is 315 g/mol. The summed E-state index contributed by atoms with van der Waals surface area (Å²) in [6.07, 6.45) is 0.732. The number of anilines is 1. The molecule has 0 saturated heterocycles. The summed E-state index contributed by atoms with van der Waals surface area (Å²) in [5.74, 6) is -0.515. The van der Waals surface area contributed by atoms with Crippen LogP contribution in [-0.2, 0) is 11.3 Å². The molecule has 0 saturated carbocycles. The van der Waals surface area contributed by atoms with E-state index in [0.717, 1.165) is 6.42 Å². The summed E-state index contributed by atoms with van der Waals surface area (Å²) in [6, 6.07) is 8.99. The van der Waals surface area contributed by atoms with Crippen molar-refractivity contribution in [2.24, 2.45) is 0 Å². The monoisotopic (exact) mass is 315 g/mol. The number of amides is 1. The Balaban J connectivity index is 2.11. The molecule has 1 amide bonds. The molecular formula is C16H17N3O4. The zero-order valence-corrected chi connectivity index (χ0v) is 12.9. The van der Waals surface area contributed by atoms with E-state index < -0.39 is 5.97 Å². The van der Waals surface area contributed by atoms with E-state index in [0.29, 0.717) is 18.0 Å². The Kier molecular flexibility index (Phi) is 5.24. The molecule has 0 aliphatic rings. The third-order valence-electron chi connectivity index (χ3n) is 2.90. The first-order chi connectivity index (χ1) is 11.0. The van der Waals surface area contributed by atoms with E-state index >= 15 is 0 Å². The van der Waals surface area contributed by atoms with Gasteiger partial charge in [-0.3, -0.25) is 9.59 Å². The minimum Gasteiger partial charge on any atom is -0.422 e. The van der Waals surface area contributed by atoms with Gasteiger partial charge in [-0.05, 0) is 36.8 Å². The molecule has 0 spiro atoms. The highest BCUT2D eigenvalue weighted by molar-refractivity contribution is 5.90. The number of ether oxygens (including phenoxy) is 1. The number of aryl methyl sites for hydroxylation is 1. The molecule has 0 atom stereocenters. The number of carbonyl (C=O) groups excluding carboxylic acids is 2. The summed E-state index contributed by atoms with van der Waals surface area (Å²) < 4.78 is 6.44. The molecule has 7 heteroatoms. The molecule has 1 heterocycles. The summed E-state index contributed by atoms with van der Waals surface area (Å²) >= 11 is 0. The molecule has 0 radical (unpaired) electrons. The van der Waals surface area contributed by atoms with E-state index in [1.807, 2.05) is 6.92 Å². The third kappa shape index (κ3) is 4.50. The van der Waals surface area contributed by atoms with Gasteiger partial charge in [0.1, 0.15) is 5.75 Å². The van der Waals surface area contributed by atoms with Crippen LogP contribution in [0.25, 0.3) is 0 Å². The minimum atomic E-state index is -0.651. The molecule has 23 heavy (non-hydrogen) atoms. The highest BCUT2D eigenvalue weighted by Gasteiger charge is 2.12. The van der Waals surface area contributed by atoms with Crippen molar-refractivity contribution in [2.75, 3.05) is 5.32 Å². The van der Waals surface area contributed by atoms with E-state index in [1.54, 1.807) is 24.3 Å². The smallest absolute Gasteiger partial charge is 0.364 e. The maximum atomic E-state index is 12.1. The van der Waals surface area contributed by atoms with E-state index in [9.17, 15) is 14.4 Å². The molecule has 2 rings (SSSR count). The van der Waals surface area contributed by atoms with Crippen LogP contribution in [0.2, 0.25) is 0 Å². The number of aromatic nitrogens is 2. The van der Waals surface area contributed by atoms with Gasteiger partial charge < -0.3 is 10.1 Å². The highest BCUT2D eigenvalue weighted by Crippen LogP contribution is 2.16. The Morgan fingerprint density at radius 3 is 2.48 bits per heavy atom. The number of hydrogen-bond acceptors (Lipinski definition) is 5. The molecule has 1 aromatic heterocycles. The lowest BCUT2D eigenvalue weighted by Gasteiger charge is -2.07. The van der Waals surface area contributed by atoms with Crippen LogP contribution >= 0.6 is 0 Å². The fraction of sp³-hybridized carbons (Fsp3) is 0.250. The Morgan fingerprint density at radius 1 is 1.17 bits per heavy atom. The second kappa shape index (κ2) is 7.35.